The van der Waals surface area contributed by atoms with Crippen molar-refractivity contribution in [2.45, 2.75) is 51.4 Å². The van der Waals surface area contributed by atoms with Gasteiger partial charge in [-0.05, 0) is 30.9 Å². The number of unbranched alkanes of at least 4 members (excludes halogenated alkanes) is 6. The summed E-state index contributed by atoms with van der Waals surface area (Å²) in [4.78, 5) is 10.1. The first kappa shape index (κ1) is 13.8. The van der Waals surface area contributed by atoms with E-state index in [1.54, 1.807) is 6.07 Å². The third kappa shape index (κ3) is 6.10. The zero-order chi connectivity index (χ0) is 12.3. The molecule has 94 valence electrons. The first-order chi connectivity index (χ1) is 8.34. The Kier molecular flexibility index (Phi) is 7.12. The molecule has 0 saturated carbocycles. The van der Waals surface area contributed by atoms with Crippen LogP contribution in [0.5, 0.6) is 5.75 Å². The van der Waals surface area contributed by atoms with E-state index < -0.39 is 0 Å². The number of hydrogen-bond donors (Lipinski definition) is 1. The van der Waals surface area contributed by atoms with E-state index in [4.69, 9.17) is 0 Å². The van der Waals surface area contributed by atoms with Gasteiger partial charge in [-0.1, -0.05) is 43.9 Å². The lowest BCUT2D eigenvalue weighted by molar-refractivity contribution is -0.107. The summed E-state index contributed by atoms with van der Waals surface area (Å²) >= 11 is 0. The average molecular weight is 234 g/mol. The van der Waals surface area contributed by atoms with Gasteiger partial charge in [0.05, 0.1) is 0 Å². The van der Waals surface area contributed by atoms with E-state index in [-0.39, 0.29) is 0 Å². The Hall–Kier alpha value is -1.31. The number of phenolic OH excluding ortho intramolecular Hbond substituents is 1. The van der Waals surface area contributed by atoms with Crippen LogP contribution in [0.15, 0.2) is 24.3 Å². The Bertz CT molecular complexity index is 320. The van der Waals surface area contributed by atoms with Crippen LogP contribution in [0.4, 0.5) is 0 Å². The molecule has 0 aliphatic carbocycles. The van der Waals surface area contributed by atoms with Gasteiger partial charge in [0.15, 0.2) is 0 Å². The fourth-order valence-corrected chi connectivity index (χ4v) is 1.97. The molecular formula is C15H22O2. The third-order valence-corrected chi connectivity index (χ3v) is 3.01. The minimum Gasteiger partial charge on any atom is -0.508 e. The van der Waals surface area contributed by atoms with E-state index in [1.807, 2.05) is 18.2 Å². The molecule has 1 N–H and O–H groups in total. The molecule has 1 aromatic carbocycles. The van der Waals surface area contributed by atoms with Crippen molar-refractivity contribution in [2.24, 2.45) is 0 Å². The lowest BCUT2D eigenvalue weighted by atomic mass is 10.0. The number of aromatic hydroxyl groups is 1. The summed E-state index contributed by atoms with van der Waals surface area (Å²) < 4.78 is 0. The Morgan fingerprint density at radius 1 is 0.941 bits per heavy atom. The molecule has 0 radical (unpaired) electrons. The number of carbonyl (C=O) groups excluding carboxylic acids is 1. The summed E-state index contributed by atoms with van der Waals surface area (Å²) in [7, 11) is 0. The van der Waals surface area contributed by atoms with Gasteiger partial charge in [-0.2, -0.15) is 0 Å². The molecule has 0 atom stereocenters. The molecule has 0 aliphatic heterocycles. The first-order valence-corrected chi connectivity index (χ1v) is 6.55. The standard InChI is InChI=1S/C15H22O2/c16-13-9-5-3-1-2-4-6-10-14-11-7-8-12-15(14)17/h7-8,11-13,17H,1-6,9-10H2. The molecule has 0 bridgehead atoms. The zero-order valence-corrected chi connectivity index (χ0v) is 10.4. The molecule has 0 heterocycles. The topological polar surface area (TPSA) is 37.3 Å². The number of hydrogen-bond acceptors (Lipinski definition) is 2. The smallest absolute Gasteiger partial charge is 0.119 e. The molecular weight excluding hydrogens is 212 g/mol. The van der Waals surface area contributed by atoms with Gasteiger partial charge < -0.3 is 9.90 Å². The van der Waals surface area contributed by atoms with Crippen LogP contribution in [0.2, 0.25) is 0 Å². The lowest BCUT2D eigenvalue weighted by Crippen LogP contribution is -1.87. The van der Waals surface area contributed by atoms with Gasteiger partial charge in [0.2, 0.25) is 0 Å². The van der Waals surface area contributed by atoms with Crippen LogP contribution >= 0.6 is 0 Å². The Morgan fingerprint density at radius 3 is 2.29 bits per heavy atom. The fraction of sp³-hybridized carbons (Fsp3) is 0.533. The van der Waals surface area contributed by atoms with Gasteiger partial charge in [0.1, 0.15) is 12.0 Å². The average Bonchev–Trinajstić information content (AvgIpc) is 2.35. The summed E-state index contributed by atoms with van der Waals surface area (Å²) in [5.74, 6) is 0.415. The van der Waals surface area contributed by atoms with Gasteiger partial charge in [-0.3, -0.25) is 0 Å². The highest BCUT2D eigenvalue weighted by molar-refractivity contribution is 5.48. The Balaban J connectivity index is 2.01. The molecule has 0 unspecified atom stereocenters. The maximum Gasteiger partial charge on any atom is 0.119 e. The second-order valence-electron chi connectivity index (χ2n) is 4.46. The van der Waals surface area contributed by atoms with Crippen molar-refractivity contribution >= 4 is 6.29 Å². The van der Waals surface area contributed by atoms with Crippen LogP contribution < -0.4 is 0 Å². The van der Waals surface area contributed by atoms with Crippen LogP contribution in [0, 0.1) is 0 Å². The molecule has 0 spiro atoms. The van der Waals surface area contributed by atoms with E-state index in [9.17, 15) is 9.90 Å². The quantitative estimate of drug-likeness (QED) is 0.520. The molecule has 2 heteroatoms. The largest absolute Gasteiger partial charge is 0.508 e. The van der Waals surface area contributed by atoms with Crippen molar-refractivity contribution in [1.82, 2.24) is 0 Å². The highest BCUT2D eigenvalue weighted by Gasteiger charge is 1.98. The first-order valence-electron chi connectivity index (χ1n) is 6.55. The number of carbonyl (C=O) groups is 1. The predicted octanol–water partition coefficient (Wildman–Crippen LogP) is 3.86. The summed E-state index contributed by atoms with van der Waals surface area (Å²) in [6.07, 6.45) is 9.64. The molecule has 0 aromatic heterocycles. The zero-order valence-electron chi connectivity index (χ0n) is 10.4. The Morgan fingerprint density at radius 2 is 1.59 bits per heavy atom. The minimum absolute atomic E-state index is 0.415. The molecule has 0 saturated heterocycles. The van der Waals surface area contributed by atoms with Gasteiger partial charge in [0.25, 0.3) is 0 Å². The van der Waals surface area contributed by atoms with E-state index in [2.05, 4.69) is 0 Å². The van der Waals surface area contributed by atoms with E-state index in [1.165, 1.54) is 19.3 Å². The van der Waals surface area contributed by atoms with E-state index in [0.29, 0.717) is 12.2 Å². The number of phenols is 1. The van der Waals surface area contributed by atoms with Crippen LogP contribution in [0.3, 0.4) is 0 Å². The van der Waals surface area contributed by atoms with Crippen molar-refractivity contribution < 1.29 is 9.90 Å². The summed E-state index contributed by atoms with van der Waals surface area (Å²) in [6.45, 7) is 0. The number of benzene rings is 1. The maximum atomic E-state index is 10.1. The lowest BCUT2D eigenvalue weighted by Gasteiger charge is -2.04. The minimum atomic E-state index is 0.415. The van der Waals surface area contributed by atoms with E-state index in [0.717, 1.165) is 37.5 Å². The van der Waals surface area contributed by atoms with Crippen LogP contribution in [-0.2, 0) is 11.2 Å². The molecule has 0 aliphatic rings. The van der Waals surface area contributed by atoms with Crippen molar-refractivity contribution in [2.75, 3.05) is 0 Å². The van der Waals surface area contributed by atoms with Crippen LogP contribution in [0.25, 0.3) is 0 Å². The molecule has 0 amide bonds. The SMILES string of the molecule is O=CCCCCCCCCc1ccccc1O. The molecule has 0 fully saturated rings. The summed E-state index contributed by atoms with van der Waals surface area (Å²) in [6, 6.07) is 7.55. The van der Waals surface area contributed by atoms with Gasteiger partial charge in [-0.25, -0.2) is 0 Å². The maximum absolute atomic E-state index is 10.1. The van der Waals surface area contributed by atoms with Crippen LogP contribution in [0.1, 0.15) is 50.5 Å². The molecule has 1 aromatic rings. The number of para-hydroxylation sites is 1. The summed E-state index contributed by atoms with van der Waals surface area (Å²) in [5, 5.41) is 9.58. The van der Waals surface area contributed by atoms with Gasteiger partial charge in [0, 0.05) is 6.42 Å². The third-order valence-electron chi connectivity index (χ3n) is 3.01. The van der Waals surface area contributed by atoms with E-state index >= 15 is 0 Å². The Labute approximate surface area is 104 Å². The number of aldehydes is 1. The highest BCUT2D eigenvalue weighted by Crippen LogP contribution is 2.18. The van der Waals surface area contributed by atoms with Crippen LogP contribution in [-0.4, -0.2) is 11.4 Å². The predicted molar refractivity (Wildman–Crippen MR) is 70.2 cm³/mol. The number of rotatable bonds is 9. The van der Waals surface area contributed by atoms with Crippen molar-refractivity contribution in [3.8, 4) is 5.75 Å². The summed E-state index contributed by atoms with van der Waals surface area (Å²) in [5.41, 5.74) is 1.05. The highest BCUT2D eigenvalue weighted by atomic mass is 16.3. The van der Waals surface area contributed by atoms with Gasteiger partial charge in [-0.15, -0.1) is 0 Å². The molecule has 1 rings (SSSR count). The molecule has 17 heavy (non-hydrogen) atoms. The van der Waals surface area contributed by atoms with Gasteiger partial charge >= 0.3 is 0 Å². The normalized spacial score (nSPS) is 10.4. The second kappa shape index (κ2) is 8.80. The van der Waals surface area contributed by atoms with Crippen molar-refractivity contribution in [1.29, 1.82) is 0 Å². The molecule has 2 nitrogen and oxygen atoms in total. The second-order valence-corrected chi connectivity index (χ2v) is 4.46. The monoisotopic (exact) mass is 234 g/mol. The number of aryl methyl sites for hydroxylation is 1. The van der Waals surface area contributed by atoms with Crippen molar-refractivity contribution in [3.63, 3.8) is 0 Å². The fourth-order valence-electron chi connectivity index (χ4n) is 1.97. The van der Waals surface area contributed by atoms with Crippen molar-refractivity contribution in [3.05, 3.63) is 29.8 Å².